The van der Waals surface area contributed by atoms with Gasteiger partial charge in [-0.05, 0) is 34.7 Å². The fourth-order valence-electron chi connectivity index (χ4n) is 3.73. The van der Waals surface area contributed by atoms with Crippen LogP contribution in [0.1, 0.15) is 31.9 Å². The third-order valence-corrected chi connectivity index (χ3v) is 4.55. The first kappa shape index (κ1) is 13.4. The second-order valence-corrected chi connectivity index (χ2v) is 7.10. The lowest BCUT2D eigenvalue weighted by Gasteiger charge is -2.23. The first-order valence-corrected chi connectivity index (χ1v) is 7.81. The highest BCUT2D eigenvalue weighted by atomic mass is 16.3. The zero-order chi connectivity index (χ0) is 15.5. The zero-order valence-electron chi connectivity index (χ0n) is 13.5. The van der Waals surface area contributed by atoms with Gasteiger partial charge in [0.1, 0.15) is 11.2 Å². The number of hydrogen-bond acceptors (Lipinski definition) is 1. The molecule has 0 saturated carbocycles. The van der Waals surface area contributed by atoms with Crippen LogP contribution in [0.25, 0.3) is 32.7 Å². The average molecular weight is 288 g/mol. The molecule has 0 saturated heterocycles. The molecule has 0 atom stereocenters. The van der Waals surface area contributed by atoms with E-state index in [1.165, 1.54) is 32.7 Å². The molecule has 0 N–H and O–H groups in total. The summed E-state index contributed by atoms with van der Waals surface area (Å²) < 4.78 is 6.30. The van der Waals surface area contributed by atoms with E-state index >= 15 is 0 Å². The summed E-state index contributed by atoms with van der Waals surface area (Å²) >= 11 is 0. The van der Waals surface area contributed by atoms with E-state index in [1.54, 1.807) is 0 Å². The van der Waals surface area contributed by atoms with Gasteiger partial charge in [-0.15, -0.1) is 0 Å². The maximum Gasteiger partial charge on any atom is 0.140 e. The lowest BCUT2D eigenvalue weighted by atomic mass is 9.80. The van der Waals surface area contributed by atoms with Gasteiger partial charge in [0.05, 0.1) is 0 Å². The Morgan fingerprint density at radius 3 is 2.05 bits per heavy atom. The molecule has 0 aliphatic heterocycles. The van der Waals surface area contributed by atoms with Crippen LogP contribution in [0.5, 0.6) is 0 Å². The van der Waals surface area contributed by atoms with Crippen molar-refractivity contribution >= 4 is 32.7 Å². The molecule has 1 heteroatoms. The fourth-order valence-corrected chi connectivity index (χ4v) is 3.73. The SMILES string of the molecule is Cc1c(C(C)(C)C)c2oc3ccccc3c2c2ccccc12. The van der Waals surface area contributed by atoms with E-state index in [4.69, 9.17) is 4.42 Å². The minimum absolute atomic E-state index is 0.0419. The zero-order valence-corrected chi connectivity index (χ0v) is 13.5. The minimum Gasteiger partial charge on any atom is -0.456 e. The molecule has 1 heterocycles. The molecule has 0 fully saturated rings. The third kappa shape index (κ3) is 1.72. The van der Waals surface area contributed by atoms with Crippen molar-refractivity contribution in [3.05, 3.63) is 59.7 Å². The molecule has 0 unspecified atom stereocenters. The lowest BCUT2D eigenvalue weighted by molar-refractivity contribution is 0.570. The maximum absolute atomic E-state index is 6.30. The molecule has 0 bridgehead atoms. The van der Waals surface area contributed by atoms with Crippen LogP contribution in [-0.2, 0) is 5.41 Å². The van der Waals surface area contributed by atoms with E-state index in [2.05, 4.69) is 70.2 Å². The van der Waals surface area contributed by atoms with Gasteiger partial charge < -0.3 is 4.42 Å². The Morgan fingerprint density at radius 2 is 1.36 bits per heavy atom. The summed E-state index contributed by atoms with van der Waals surface area (Å²) in [4.78, 5) is 0. The summed E-state index contributed by atoms with van der Waals surface area (Å²) in [7, 11) is 0. The standard InChI is InChI=1S/C21H20O/c1-13-14-9-5-6-10-15(14)18-16-11-7-8-12-17(16)22-20(18)19(13)21(2,3)4/h5-12H,1-4H3. The van der Waals surface area contributed by atoms with Crippen molar-refractivity contribution in [1.29, 1.82) is 0 Å². The number of fused-ring (bicyclic) bond motifs is 5. The number of rotatable bonds is 0. The number of aryl methyl sites for hydroxylation is 1. The summed E-state index contributed by atoms with van der Waals surface area (Å²) in [6, 6.07) is 17.0. The molecule has 1 aromatic heterocycles. The van der Waals surface area contributed by atoms with Crippen LogP contribution in [-0.4, -0.2) is 0 Å². The predicted molar refractivity (Wildman–Crippen MR) is 94.7 cm³/mol. The van der Waals surface area contributed by atoms with Gasteiger partial charge in [-0.1, -0.05) is 63.2 Å². The molecular formula is C21H20O. The van der Waals surface area contributed by atoms with Crippen molar-refractivity contribution in [2.45, 2.75) is 33.1 Å². The summed E-state index contributed by atoms with van der Waals surface area (Å²) in [6.07, 6.45) is 0. The topological polar surface area (TPSA) is 13.1 Å². The highest BCUT2D eigenvalue weighted by Crippen LogP contribution is 2.43. The maximum atomic E-state index is 6.30. The van der Waals surface area contributed by atoms with Crippen LogP contribution >= 0.6 is 0 Å². The van der Waals surface area contributed by atoms with Gasteiger partial charge >= 0.3 is 0 Å². The first-order valence-electron chi connectivity index (χ1n) is 7.81. The van der Waals surface area contributed by atoms with Crippen molar-refractivity contribution in [3.8, 4) is 0 Å². The largest absolute Gasteiger partial charge is 0.456 e. The summed E-state index contributed by atoms with van der Waals surface area (Å²) in [5.41, 5.74) is 4.70. The Hall–Kier alpha value is -2.28. The van der Waals surface area contributed by atoms with Crippen LogP contribution in [0.4, 0.5) is 0 Å². The van der Waals surface area contributed by atoms with Crippen LogP contribution in [0.2, 0.25) is 0 Å². The molecule has 0 spiro atoms. The fraction of sp³-hybridized carbons (Fsp3) is 0.238. The Morgan fingerprint density at radius 1 is 0.773 bits per heavy atom. The highest BCUT2D eigenvalue weighted by molar-refractivity contribution is 6.20. The van der Waals surface area contributed by atoms with Crippen molar-refractivity contribution < 1.29 is 4.42 Å². The number of benzene rings is 3. The Balaban J connectivity index is 2.39. The number of para-hydroxylation sites is 1. The van der Waals surface area contributed by atoms with Crippen LogP contribution in [0, 0.1) is 6.92 Å². The van der Waals surface area contributed by atoms with E-state index in [0.717, 1.165) is 11.2 Å². The van der Waals surface area contributed by atoms with E-state index in [9.17, 15) is 0 Å². The van der Waals surface area contributed by atoms with E-state index in [1.807, 2.05) is 6.07 Å². The van der Waals surface area contributed by atoms with Gasteiger partial charge in [0.15, 0.2) is 0 Å². The van der Waals surface area contributed by atoms with Crippen LogP contribution in [0.3, 0.4) is 0 Å². The highest BCUT2D eigenvalue weighted by Gasteiger charge is 2.25. The Kier molecular flexibility index (Phi) is 2.65. The molecule has 22 heavy (non-hydrogen) atoms. The van der Waals surface area contributed by atoms with Crippen molar-refractivity contribution in [3.63, 3.8) is 0 Å². The molecule has 0 radical (unpaired) electrons. The van der Waals surface area contributed by atoms with Gasteiger partial charge in [0.2, 0.25) is 0 Å². The predicted octanol–water partition coefficient (Wildman–Crippen LogP) is 6.35. The molecule has 3 aromatic carbocycles. The molecular weight excluding hydrogens is 268 g/mol. The van der Waals surface area contributed by atoms with Gasteiger partial charge in [0.25, 0.3) is 0 Å². The first-order chi connectivity index (χ1) is 10.5. The summed E-state index contributed by atoms with van der Waals surface area (Å²) in [5, 5.41) is 5.07. The molecule has 110 valence electrons. The smallest absolute Gasteiger partial charge is 0.140 e. The molecule has 0 aliphatic rings. The Bertz CT molecular complexity index is 1010. The van der Waals surface area contributed by atoms with Gasteiger partial charge in [-0.25, -0.2) is 0 Å². The second-order valence-electron chi connectivity index (χ2n) is 7.10. The van der Waals surface area contributed by atoms with Crippen molar-refractivity contribution in [2.75, 3.05) is 0 Å². The minimum atomic E-state index is 0.0419. The monoisotopic (exact) mass is 288 g/mol. The van der Waals surface area contributed by atoms with Crippen molar-refractivity contribution in [1.82, 2.24) is 0 Å². The molecule has 0 amide bonds. The van der Waals surface area contributed by atoms with Gasteiger partial charge in [0, 0.05) is 16.3 Å². The van der Waals surface area contributed by atoms with Crippen LogP contribution < -0.4 is 0 Å². The van der Waals surface area contributed by atoms with E-state index < -0.39 is 0 Å². The van der Waals surface area contributed by atoms with Crippen LogP contribution in [0.15, 0.2) is 52.9 Å². The third-order valence-electron chi connectivity index (χ3n) is 4.55. The van der Waals surface area contributed by atoms with E-state index in [0.29, 0.717) is 0 Å². The molecule has 4 rings (SSSR count). The van der Waals surface area contributed by atoms with Gasteiger partial charge in [-0.2, -0.15) is 0 Å². The molecule has 4 aromatic rings. The Labute approximate surface area is 130 Å². The van der Waals surface area contributed by atoms with Crippen molar-refractivity contribution in [2.24, 2.45) is 0 Å². The van der Waals surface area contributed by atoms with E-state index in [-0.39, 0.29) is 5.41 Å². The van der Waals surface area contributed by atoms with Gasteiger partial charge in [-0.3, -0.25) is 0 Å². The number of hydrogen-bond donors (Lipinski definition) is 0. The normalized spacial score (nSPS) is 12.5. The average Bonchev–Trinajstić information content (AvgIpc) is 2.85. The molecule has 0 aliphatic carbocycles. The summed E-state index contributed by atoms with van der Waals surface area (Å²) in [6.45, 7) is 9.00. The second kappa shape index (κ2) is 4.36. The molecule has 1 nitrogen and oxygen atoms in total. The summed E-state index contributed by atoms with van der Waals surface area (Å²) in [5.74, 6) is 0. The number of furan rings is 1. The lowest BCUT2D eigenvalue weighted by Crippen LogP contribution is -2.13. The quantitative estimate of drug-likeness (QED) is 0.367.